The van der Waals surface area contributed by atoms with Crippen molar-refractivity contribution in [3.63, 3.8) is 0 Å². The molecule has 90 valence electrons. The van der Waals surface area contributed by atoms with Crippen molar-refractivity contribution in [3.05, 3.63) is 47.5 Å². The van der Waals surface area contributed by atoms with E-state index in [9.17, 15) is 0 Å². The number of halogens is 3. The van der Waals surface area contributed by atoms with E-state index in [4.69, 9.17) is 23.2 Å². The molecule has 0 amide bonds. The van der Waals surface area contributed by atoms with Gasteiger partial charge in [-0.25, -0.2) is 0 Å². The van der Waals surface area contributed by atoms with Gasteiger partial charge in [0.05, 0.1) is 5.38 Å². The molecule has 0 spiro atoms. The largest absolute Gasteiger partial charge is 0.301 e. The van der Waals surface area contributed by atoms with Gasteiger partial charge in [-0.1, -0.05) is 35.9 Å². The quantitative estimate of drug-likeness (QED) is 0.589. The molecule has 0 heterocycles. The van der Waals surface area contributed by atoms with Crippen molar-refractivity contribution in [1.29, 1.82) is 0 Å². The van der Waals surface area contributed by atoms with Crippen molar-refractivity contribution in [2.24, 2.45) is 0 Å². The predicted molar refractivity (Wildman–Crippen MR) is 78.0 cm³/mol. The number of hydrogen-bond acceptors (Lipinski definition) is 1. The van der Waals surface area contributed by atoms with Gasteiger partial charge in [0.25, 0.3) is 0 Å². The van der Waals surface area contributed by atoms with Gasteiger partial charge in [-0.05, 0) is 25.7 Å². The second-order valence-corrected chi connectivity index (χ2v) is 4.49. The molecule has 2 unspecified atom stereocenters. The molecule has 0 fully saturated rings. The van der Waals surface area contributed by atoms with E-state index in [1.165, 1.54) is 0 Å². The average molecular weight is 325 g/mol. The fourth-order valence-electron chi connectivity index (χ4n) is 1.47. The van der Waals surface area contributed by atoms with Gasteiger partial charge in [-0.15, -0.1) is 35.2 Å². The van der Waals surface area contributed by atoms with Crippen molar-refractivity contribution in [2.45, 2.75) is 11.4 Å². The lowest BCUT2D eigenvalue weighted by molar-refractivity contribution is 0.335. The third kappa shape index (κ3) is 3.77. The number of nitrogens with zero attached hydrogens (tertiary/aromatic N) is 1. The van der Waals surface area contributed by atoms with E-state index in [2.05, 4.69) is 6.58 Å². The number of benzene rings is 1. The zero-order valence-corrected chi connectivity index (χ0v) is 12.6. The summed E-state index contributed by atoms with van der Waals surface area (Å²) in [5, 5.41) is 0.525. The van der Waals surface area contributed by atoms with Gasteiger partial charge < -0.3 is 4.90 Å². The van der Waals surface area contributed by atoms with Crippen LogP contribution in [-0.4, -0.2) is 25.0 Å². The van der Waals surface area contributed by atoms with Crippen LogP contribution < -0.4 is 0 Å². The van der Waals surface area contributed by atoms with E-state index >= 15 is 0 Å². The Kier molecular flexibility index (Phi) is 7.32. The molecule has 1 aromatic carbocycles. The number of likely N-dealkylation sites (N-methyl/N-ethyl adjacent to an activating group) is 1. The van der Waals surface area contributed by atoms with Gasteiger partial charge in [-0.2, -0.15) is 0 Å². The molecule has 1 nitrogen and oxygen atoms in total. The van der Waals surface area contributed by atoms with Crippen molar-refractivity contribution >= 4 is 40.2 Å². The first kappa shape index (κ1) is 16.0. The summed E-state index contributed by atoms with van der Waals surface area (Å²) in [5.41, 5.74) is 0.944. The third-order valence-corrected chi connectivity index (χ3v) is 3.18. The Morgan fingerprint density at radius 3 is 2.31 bits per heavy atom. The Labute approximate surface area is 118 Å². The Morgan fingerprint density at radius 2 is 1.88 bits per heavy atom. The third-order valence-electron chi connectivity index (χ3n) is 2.34. The Bertz CT molecular complexity index is 342. The summed E-state index contributed by atoms with van der Waals surface area (Å²) in [5.74, 6) is 0. The van der Waals surface area contributed by atoms with E-state index < -0.39 is 0 Å². The molecule has 0 aliphatic carbocycles. The van der Waals surface area contributed by atoms with Crippen LogP contribution in [-0.2, 0) is 0 Å². The van der Waals surface area contributed by atoms with Crippen LogP contribution in [0.15, 0.2) is 36.9 Å². The van der Waals surface area contributed by atoms with Crippen molar-refractivity contribution in [1.82, 2.24) is 4.90 Å². The van der Waals surface area contributed by atoms with E-state index in [1.807, 2.05) is 49.3 Å². The second-order valence-electron chi connectivity index (χ2n) is 3.61. The van der Waals surface area contributed by atoms with Gasteiger partial charge in [0.15, 0.2) is 0 Å². The lowest BCUT2D eigenvalue weighted by Gasteiger charge is -2.26. The lowest BCUT2D eigenvalue weighted by atomic mass is 10.0. The van der Waals surface area contributed by atoms with Crippen LogP contribution in [0.5, 0.6) is 0 Å². The summed E-state index contributed by atoms with van der Waals surface area (Å²) < 4.78 is 0. The summed E-state index contributed by atoms with van der Waals surface area (Å²) in [4.78, 5) is 2.02. The van der Waals surface area contributed by atoms with E-state index in [-0.39, 0.29) is 28.4 Å². The lowest BCUT2D eigenvalue weighted by Crippen LogP contribution is -2.29. The van der Waals surface area contributed by atoms with Crippen LogP contribution in [0, 0.1) is 0 Å². The molecule has 16 heavy (non-hydrogen) atoms. The molecule has 2 atom stereocenters. The van der Waals surface area contributed by atoms with Crippen molar-refractivity contribution in [2.75, 3.05) is 14.1 Å². The summed E-state index contributed by atoms with van der Waals surface area (Å²) in [6, 6.07) is 7.70. The van der Waals surface area contributed by atoms with Crippen LogP contribution >= 0.6 is 40.2 Å². The first-order chi connectivity index (χ1) is 7.07. The minimum absolute atomic E-state index is 0. The molecule has 1 rings (SSSR count). The molecular weight excluding hydrogens is 309 g/mol. The van der Waals surface area contributed by atoms with Crippen LogP contribution in [0.1, 0.15) is 10.9 Å². The smallest absolute Gasteiger partial charge is 0.0790 e. The Hall–Kier alpha value is -0.0200. The predicted octanol–water partition coefficient (Wildman–Crippen LogP) is 4.31. The molecule has 1 aromatic rings. The zero-order valence-electron chi connectivity index (χ0n) is 9.36. The van der Waals surface area contributed by atoms with Gasteiger partial charge in [0.1, 0.15) is 0 Å². The molecule has 0 aliphatic heterocycles. The normalized spacial score (nSPS) is 14.1. The van der Waals surface area contributed by atoms with Crippen LogP contribution in [0.4, 0.5) is 0 Å². The van der Waals surface area contributed by atoms with Gasteiger partial charge in [0, 0.05) is 11.1 Å². The van der Waals surface area contributed by atoms with E-state index in [0.29, 0.717) is 5.02 Å². The highest BCUT2D eigenvalue weighted by molar-refractivity contribution is 8.93. The van der Waals surface area contributed by atoms with E-state index in [1.54, 1.807) is 0 Å². The summed E-state index contributed by atoms with van der Waals surface area (Å²) in [6.45, 7) is 3.79. The summed E-state index contributed by atoms with van der Waals surface area (Å²) in [7, 11) is 3.94. The molecule has 0 bridgehead atoms. The maximum Gasteiger partial charge on any atom is 0.0790 e. The SMILES string of the molecule is Br.C=CC(C(Cl)c1ccccc1Cl)N(C)C. The zero-order chi connectivity index (χ0) is 11.4. The molecule has 4 heteroatoms. The highest BCUT2D eigenvalue weighted by atomic mass is 79.9. The highest BCUT2D eigenvalue weighted by Crippen LogP contribution is 2.32. The highest BCUT2D eigenvalue weighted by Gasteiger charge is 2.21. The van der Waals surface area contributed by atoms with Gasteiger partial charge in [0.2, 0.25) is 0 Å². The van der Waals surface area contributed by atoms with Crippen molar-refractivity contribution < 1.29 is 0 Å². The fraction of sp³-hybridized carbons (Fsp3) is 0.333. The maximum absolute atomic E-state index is 6.38. The minimum atomic E-state index is -0.175. The molecule has 0 saturated carbocycles. The van der Waals surface area contributed by atoms with Gasteiger partial charge in [-0.3, -0.25) is 0 Å². The van der Waals surface area contributed by atoms with Crippen molar-refractivity contribution in [3.8, 4) is 0 Å². The standard InChI is InChI=1S/C12H15Cl2N.BrH/c1-4-11(15(2)3)12(14)9-7-5-6-8-10(9)13;/h4-8,11-12H,1H2,2-3H3;1H. The topological polar surface area (TPSA) is 3.24 Å². The van der Waals surface area contributed by atoms with Crippen LogP contribution in [0.25, 0.3) is 0 Å². The molecule has 0 radical (unpaired) electrons. The molecule has 0 aliphatic rings. The maximum atomic E-state index is 6.38. The van der Waals surface area contributed by atoms with Crippen LogP contribution in [0.3, 0.4) is 0 Å². The molecule has 0 N–H and O–H groups in total. The van der Waals surface area contributed by atoms with Gasteiger partial charge >= 0.3 is 0 Å². The molecule has 0 saturated heterocycles. The summed E-state index contributed by atoms with van der Waals surface area (Å²) in [6.07, 6.45) is 1.83. The second kappa shape index (κ2) is 7.33. The minimum Gasteiger partial charge on any atom is -0.301 e. The fourth-order valence-corrected chi connectivity index (χ4v) is 2.30. The monoisotopic (exact) mass is 323 g/mol. The Balaban J connectivity index is 0.00000225. The number of rotatable bonds is 4. The first-order valence-corrected chi connectivity index (χ1v) is 5.57. The molecule has 0 aromatic heterocycles. The van der Waals surface area contributed by atoms with E-state index in [0.717, 1.165) is 5.56 Å². The first-order valence-electron chi connectivity index (χ1n) is 4.75. The average Bonchev–Trinajstić information content (AvgIpc) is 2.18. The number of alkyl halides is 1. The Morgan fingerprint density at radius 1 is 1.31 bits per heavy atom. The summed E-state index contributed by atoms with van der Waals surface area (Å²) >= 11 is 12.5. The molecular formula is C12H16BrCl2N. The number of hydrogen-bond donors (Lipinski definition) is 0. The van der Waals surface area contributed by atoms with Crippen LogP contribution in [0.2, 0.25) is 5.02 Å².